The van der Waals surface area contributed by atoms with Crippen LogP contribution in [-0.4, -0.2) is 33.5 Å². The zero-order chi connectivity index (χ0) is 13.0. The van der Waals surface area contributed by atoms with Gasteiger partial charge in [0.25, 0.3) is 10.1 Å². The van der Waals surface area contributed by atoms with Crippen molar-refractivity contribution in [3.05, 3.63) is 10.8 Å². The van der Waals surface area contributed by atoms with Gasteiger partial charge in [-0.25, -0.2) is 0 Å². The topological polar surface area (TPSA) is 61.8 Å². The molecule has 0 saturated carbocycles. The number of unbranched alkanes of at least 4 members (excludes halogenated alkanes) is 1. The standard InChI is InChI=1S/C11H16O5S2/c1-2-3-4-18(12,13)15-6-9-5-14-10-7-17-8-11(10)16-9/h7-9H,2-6H2,1H3. The van der Waals surface area contributed by atoms with E-state index in [4.69, 9.17) is 13.7 Å². The first-order valence-corrected chi connectivity index (χ1v) is 8.35. The SMILES string of the molecule is CCCCS(=O)(=O)OCC1COc2cscc2O1. The van der Waals surface area contributed by atoms with E-state index in [1.807, 2.05) is 17.7 Å². The van der Waals surface area contributed by atoms with Gasteiger partial charge in [0.1, 0.15) is 13.2 Å². The van der Waals surface area contributed by atoms with Gasteiger partial charge in [-0.3, -0.25) is 4.18 Å². The van der Waals surface area contributed by atoms with Crippen molar-refractivity contribution in [1.82, 2.24) is 0 Å². The normalized spacial score (nSPS) is 18.8. The second kappa shape index (κ2) is 5.90. The van der Waals surface area contributed by atoms with Gasteiger partial charge in [0, 0.05) is 10.8 Å². The highest BCUT2D eigenvalue weighted by atomic mass is 32.2. The minimum absolute atomic E-state index is 0.00132. The first-order valence-electron chi connectivity index (χ1n) is 5.83. The smallest absolute Gasteiger partial charge is 0.267 e. The molecule has 0 aliphatic carbocycles. The quantitative estimate of drug-likeness (QED) is 0.751. The predicted octanol–water partition coefficient (Wildman–Crippen LogP) is 2.03. The summed E-state index contributed by atoms with van der Waals surface area (Å²) in [6.45, 7) is 2.25. The van der Waals surface area contributed by atoms with Crippen LogP contribution in [0.4, 0.5) is 0 Å². The van der Waals surface area contributed by atoms with Crippen molar-refractivity contribution in [3.63, 3.8) is 0 Å². The molecule has 0 saturated heterocycles. The molecule has 0 N–H and O–H groups in total. The molecule has 0 amide bonds. The minimum Gasteiger partial charge on any atom is -0.485 e. The van der Waals surface area contributed by atoms with Crippen molar-refractivity contribution in [3.8, 4) is 11.5 Å². The second-order valence-electron chi connectivity index (χ2n) is 4.05. The van der Waals surface area contributed by atoms with E-state index in [9.17, 15) is 8.42 Å². The van der Waals surface area contributed by atoms with E-state index >= 15 is 0 Å². The molecule has 18 heavy (non-hydrogen) atoms. The Morgan fingerprint density at radius 3 is 3.00 bits per heavy atom. The van der Waals surface area contributed by atoms with E-state index in [-0.39, 0.29) is 18.5 Å². The van der Waals surface area contributed by atoms with Crippen LogP contribution in [0, 0.1) is 0 Å². The van der Waals surface area contributed by atoms with Gasteiger partial charge < -0.3 is 9.47 Å². The summed E-state index contributed by atoms with van der Waals surface area (Å²) >= 11 is 1.48. The average Bonchev–Trinajstić information content (AvgIpc) is 2.81. The van der Waals surface area contributed by atoms with Crippen LogP contribution < -0.4 is 9.47 Å². The third kappa shape index (κ3) is 3.60. The molecule has 2 heterocycles. The average molecular weight is 292 g/mol. The molecular formula is C11H16O5S2. The van der Waals surface area contributed by atoms with E-state index in [1.54, 1.807) is 0 Å². The minimum atomic E-state index is -3.44. The molecular weight excluding hydrogens is 276 g/mol. The van der Waals surface area contributed by atoms with Crippen molar-refractivity contribution < 1.29 is 22.1 Å². The summed E-state index contributed by atoms with van der Waals surface area (Å²) in [7, 11) is -3.44. The summed E-state index contributed by atoms with van der Waals surface area (Å²) in [5.41, 5.74) is 0. The Bertz CT molecular complexity index is 479. The lowest BCUT2D eigenvalue weighted by Crippen LogP contribution is -2.34. The monoisotopic (exact) mass is 292 g/mol. The fourth-order valence-corrected chi connectivity index (χ4v) is 3.29. The molecule has 0 aromatic carbocycles. The summed E-state index contributed by atoms with van der Waals surface area (Å²) in [5.74, 6) is 1.43. The second-order valence-corrected chi connectivity index (χ2v) is 6.55. The van der Waals surface area contributed by atoms with Gasteiger partial charge in [0.05, 0.1) is 5.75 Å². The van der Waals surface area contributed by atoms with Crippen LogP contribution in [0.5, 0.6) is 11.5 Å². The Hall–Kier alpha value is -0.790. The summed E-state index contributed by atoms with van der Waals surface area (Å²) < 4.78 is 39.0. The molecule has 5 nitrogen and oxygen atoms in total. The van der Waals surface area contributed by atoms with Gasteiger partial charge in [-0.15, -0.1) is 11.3 Å². The molecule has 7 heteroatoms. The molecule has 1 aromatic rings. The van der Waals surface area contributed by atoms with Gasteiger partial charge in [-0.2, -0.15) is 8.42 Å². The zero-order valence-electron chi connectivity index (χ0n) is 10.1. The largest absolute Gasteiger partial charge is 0.485 e. The van der Waals surface area contributed by atoms with Gasteiger partial charge in [0.2, 0.25) is 0 Å². The Labute approximate surface area is 111 Å². The lowest BCUT2D eigenvalue weighted by Gasteiger charge is -2.23. The summed E-state index contributed by atoms with van der Waals surface area (Å²) in [4.78, 5) is 0. The van der Waals surface area contributed by atoms with Gasteiger partial charge in [0.15, 0.2) is 17.6 Å². The van der Waals surface area contributed by atoms with Crippen LogP contribution in [0.25, 0.3) is 0 Å². The van der Waals surface area contributed by atoms with Crippen LogP contribution in [0.3, 0.4) is 0 Å². The molecule has 0 bridgehead atoms. The third-order valence-corrected chi connectivity index (χ3v) is 4.48. The highest BCUT2D eigenvalue weighted by Gasteiger charge is 2.24. The molecule has 0 spiro atoms. The Kier molecular flexibility index (Phi) is 4.47. The molecule has 102 valence electrons. The van der Waals surface area contributed by atoms with Crippen LogP contribution in [0.2, 0.25) is 0 Å². The van der Waals surface area contributed by atoms with E-state index in [0.717, 1.165) is 6.42 Å². The highest BCUT2D eigenvalue weighted by molar-refractivity contribution is 7.86. The van der Waals surface area contributed by atoms with Crippen molar-refractivity contribution in [2.24, 2.45) is 0 Å². The van der Waals surface area contributed by atoms with Gasteiger partial charge in [-0.05, 0) is 6.42 Å². The number of ether oxygens (including phenoxy) is 2. The molecule has 2 rings (SSSR count). The maximum Gasteiger partial charge on any atom is 0.267 e. The number of fused-ring (bicyclic) bond motifs is 1. The van der Waals surface area contributed by atoms with E-state index < -0.39 is 10.1 Å². The third-order valence-electron chi connectivity index (χ3n) is 2.49. The molecule has 0 radical (unpaired) electrons. The van der Waals surface area contributed by atoms with E-state index in [1.165, 1.54) is 11.3 Å². The van der Waals surface area contributed by atoms with Crippen molar-refractivity contribution in [2.45, 2.75) is 25.9 Å². The zero-order valence-corrected chi connectivity index (χ0v) is 11.8. The number of hydrogen-bond donors (Lipinski definition) is 0. The first kappa shape index (κ1) is 13.6. The van der Waals surface area contributed by atoms with Crippen molar-refractivity contribution in [1.29, 1.82) is 0 Å². The van der Waals surface area contributed by atoms with E-state index in [0.29, 0.717) is 24.5 Å². The van der Waals surface area contributed by atoms with Gasteiger partial charge in [-0.1, -0.05) is 13.3 Å². The molecule has 1 aromatic heterocycles. The molecule has 1 aliphatic rings. The van der Waals surface area contributed by atoms with Crippen molar-refractivity contribution in [2.75, 3.05) is 19.0 Å². The molecule has 0 fully saturated rings. The lowest BCUT2D eigenvalue weighted by molar-refractivity contribution is 0.0565. The number of hydrogen-bond acceptors (Lipinski definition) is 6. The molecule has 1 aliphatic heterocycles. The maximum atomic E-state index is 11.5. The van der Waals surface area contributed by atoms with Crippen LogP contribution in [0.1, 0.15) is 19.8 Å². The fourth-order valence-electron chi connectivity index (χ4n) is 1.50. The fraction of sp³-hybridized carbons (Fsp3) is 0.636. The molecule has 1 unspecified atom stereocenters. The van der Waals surface area contributed by atoms with Crippen molar-refractivity contribution >= 4 is 21.5 Å². The Morgan fingerprint density at radius 2 is 2.22 bits per heavy atom. The maximum absolute atomic E-state index is 11.5. The molecule has 1 atom stereocenters. The first-order chi connectivity index (χ1) is 8.61. The van der Waals surface area contributed by atoms with Crippen LogP contribution >= 0.6 is 11.3 Å². The number of rotatable bonds is 6. The van der Waals surface area contributed by atoms with E-state index in [2.05, 4.69) is 0 Å². The lowest BCUT2D eigenvalue weighted by atomic mass is 10.3. The van der Waals surface area contributed by atoms with Gasteiger partial charge >= 0.3 is 0 Å². The Balaban J connectivity index is 1.82. The predicted molar refractivity (Wildman–Crippen MR) is 68.9 cm³/mol. The summed E-state index contributed by atoms with van der Waals surface area (Å²) in [5, 5.41) is 3.68. The Morgan fingerprint density at radius 1 is 1.44 bits per heavy atom. The summed E-state index contributed by atoms with van der Waals surface area (Å²) in [6, 6.07) is 0. The highest BCUT2D eigenvalue weighted by Crippen LogP contribution is 2.35. The number of thiophene rings is 1. The van der Waals surface area contributed by atoms with Crippen LogP contribution in [-0.2, 0) is 14.3 Å². The van der Waals surface area contributed by atoms with Crippen LogP contribution in [0.15, 0.2) is 10.8 Å². The summed E-state index contributed by atoms with van der Waals surface area (Å²) in [6.07, 6.45) is 1.06.